The molecular weight excluding hydrogens is 370 g/mol. The number of rotatable bonds is 6. The van der Waals surface area contributed by atoms with E-state index < -0.39 is 11.6 Å². The van der Waals surface area contributed by atoms with Crippen LogP contribution in [0.25, 0.3) is 0 Å². The van der Waals surface area contributed by atoms with Crippen molar-refractivity contribution in [2.24, 2.45) is 23.2 Å². The van der Waals surface area contributed by atoms with Crippen LogP contribution in [0.5, 0.6) is 0 Å². The molecule has 1 unspecified atom stereocenters. The normalized spacial score (nSPS) is 38.8. The van der Waals surface area contributed by atoms with Crippen molar-refractivity contribution < 1.29 is 14.6 Å². The first-order valence-electron chi connectivity index (χ1n) is 10.5. The highest BCUT2D eigenvalue weighted by atomic mass is 32.2. The molecule has 1 atom stereocenters. The number of ether oxygens (including phenoxy) is 1. The summed E-state index contributed by atoms with van der Waals surface area (Å²) in [6.07, 6.45) is 7.52. The number of hydrogen-bond donors (Lipinski definition) is 2. The van der Waals surface area contributed by atoms with Gasteiger partial charge >= 0.3 is 5.97 Å². The number of thioether (sulfide) groups is 1. The first kappa shape index (κ1) is 18.6. The summed E-state index contributed by atoms with van der Waals surface area (Å²) in [6.45, 7) is 0.685. The van der Waals surface area contributed by atoms with Gasteiger partial charge in [0.15, 0.2) is 5.60 Å². The molecule has 0 amide bonds. The van der Waals surface area contributed by atoms with E-state index in [4.69, 9.17) is 4.74 Å². The first-order valence-corrected chi connectivity index (χ1v) is 11.5. The van der Waals surface area contributed by atoms with E-state index in [0.717, 1.165) is 48.3 Å². The van der Waals surface area contributed by atoms with Gasteiger partial charge in [0.1, 0.15) is 0 Å². The number of carboxylic acids is 1. The Morgan fingerprint density at radius 3 is 2.29 bits per heavy atom. The molecule has 1 aromatic carbocycles. The molecule has 0 saturated heterocycles. The van der Waals surface area contributed by atoms with Crippen LogP contribution in [-0.2, 0) is 9.53 Å². The molecule has 4 nitrogen and oxygen atoms in total. The lowest BCUT2D eigenvalue weighted by molar-refractivity contribution is -0.158. The second kappa shape index (κ2) is 6.81. The Morgan fingerprint density at radius 1 is 1.14 bits per heavy atom. The highest BCUT2D eigenvalue weighted by Gasteiger charge is 2.61. The van der Waals surface area contributed by atoms with Crippen molar-refractivity contribution >= 4 is 23.4 Å². The van der Waals surface area contributed by atoms with Crippen molar-refractivity contribution in [1.29, 1.82) is 0 Å². The minimum atomic E-state index is -1.16. The number of anilines is 1. The number of benzene rings is 1. The van der Waals surface area contributed by atoms with Gasteiger partial charge in [-0.2, -0.15) is 0 Å². The van der Waals surface area contributed by atoms with E-state index >= 15 is 0 Å². The van der Waals surface area contributed by atoms with Crippen LogP contribution in [0, 0.1) is 23.2 Å². The molecule has 5 heteroatoms. The number of nitrogens with one attached hydrogen (secondary N) is 1. The average molecular weight is 400 g/mol. The zero-order valence-electron chi connectivity index (χ0n) is 16.4. The van der Waals surface area contributed by atoms with Gasteiger partial charge in [0.2, 0.25) is 0 Å². The maximum absolute atomic E-state index is 12.5. The lowest BCUT2D eigenvalue weighted by Crippen LogP contribution is -2.54. The van der Waals surface area contributed by atoms with Gasteiger partial charge in [-0.1, -0.05) is 18.2 Å². The Hall–Kier alpha value is -1.46. The number of hydrogen-bond acceptors (Lipinski definition) is 4. The summed E-state index contributed by atoms with van der Waals surface area (Å²) in [5.41, 5.74) is 1.05. The van der Waals surface area contributed by atoms with E-state index in [9.17, 15) is 9.90 Å². The van der Waals surface area contributed by atoms with Crippen molar-refractivity contribution in [1.82, 2.24) is 0 Å². The van der Waals surface area contributed by atoms with Crippen LogP contribution < -0.4 is 5.32 Å². The fourth-order valence-corrected chi connectivity index (χ4v) is 8.46. The van der Waals surface area contributed by atoms with E-state index in [2.05, 4.69) is 17.4 Å². The Kier molecular flexibility index (Phi) is 4.51. The third-order valence-electron chi connectivity index (χ3n) is 7.62. The minimum absolute atomic E-state index is 0.0281. The molecule has 6 rings (SSSR count). The van der Waals surface area contributed by atoms with Crippen molar-refractivity contribution in [3.05, 3.63) is 40.8 Å². The van der Waals surface area contributed by atoms with Gasteiger partial charge in [0.05, 0.1) is 0 Å². The van der Waals surface area contributed by atoms with Crippen LogP contribution in [0.1, 0.15) is 38.5 Å². The van der Waals surface area contributed by atoms with Crippen LogP contribution in [0.4, 0.5) is 5.69 Å². The standard InChI is InChI=1S/C23H29NO3S/c1-27-23(21(25)26)14-28-19(13-24-18-5-3-2-4-6-18)20(23)22-10-15-7-16(11-22)9-17(8-15)12-22/h2-6,15-17,24H,7-14H2,1H3,(H,25,26). The van der Waals surface area contributed by atoms with Crippen LogP contribution in [-0.4, -0.2) is 36.1 Å². The van der Waals surface area contributed by atoms with Crippen LogP contribution in [0.3, 0.4) is 0 Å². The molecule has 4 bridgehead atoms. The SMILES string of the molecule is COC1(C(=O)O)CSC(CNc2ccccc2)=C1C12CC3CC(CC(C3)C1)C2. The molecule has 0 radical (unpaired) electrons. The lowest BCUT2D eigenvalue weighted by atomic mass is 9.46. The highest BCUT2D eigenvalue weighted by molar-refractivity contribution is 8.03. The van der Waals surface area contributed by atoms with Crippen molar-refractivity contribution in [2.75, 3.05) is 24.7 Å². The largest absolute Gasteiger partial charge is 0.479 e. The molecule has 0 aromatic heterocycles. The van der Waals surface area contributed by atoms with Gasteiger partial charge in [0, 0.05) is 30.0 Å². The Morgan fingerprint density at radius 2 is 1.75 bits per heavy atom. The van der Waals surface area contributed by atoms with Crippen LogP contribution in [0.15, 0.2) is 40.8 Å². The van der Waals surface area contributed by atoms with Crippen LogP contribution >= 0.6 is 11.8 Å². The number of methoxy groups -OCH3 is 1. The first-order chi connectivity index (χ1) is 13.5. The Labute approximate surface area is 171 Å². The summed E-state index contributed by atoms with van der Waals surface area (Å²) in [5, 5.41) is 13.8. The number of aliphatic carboxylic acids is 1. The fourth-order valence-electron chi connectivity index (χ4n) is 6.99. The van der Waals surface area contributed by atoms with Crippen molar-refractivity contribution in [3.63, 3.8) is 0 Å². The summed E-state index contributed by atoms with van der Waals surface area (Å²) in [6, 6.07) is 10.2. The van der Waals surface area contributed by atoms with Gasteiger partial charge in [-0.05, 0) is 79.4 Å². The molecule has 28 heavy (non-hydrogen) atoms. The second-order valence-electron chi connectivity index (χ2n) is 9.34. The quantitative estimate of drug-likeness (QED) is 0.720. The summed E-state index contributed by atoms with van der Waals surface area (Å²) >= 11 is 1.69. The van der Waals surface area contributed by atoms with Gasteiger partial charge < -0.3 is 15.2 Å². The monoisotopic (exact) mass is 399 g/mol. The van der Waals surface area contributed by atoms with Crippen LogP contribution in [0.2, 0.25) is 0 Å². The molecule has 4 aliphatic carbocycles. The van der Waals surface area contributed by atoms with E-state index in [1.54, 1.807) is 18.9 Å². The van der Waals surface area contributed by atoms with E-state index in [1.165, 1.54) is 24.2 Å². The molecule has 150 valence electrons. The predicted octanol–water partition coefficient (Wildman–Crippen LogP) is 4.79. The Balaban J connectivity index is 1.54. The van der Waals surface area contributed by atoms with Gasteiger partial charge in [-0.3, -0.25) is 0 Å². The summed E-state index contributed by atoms with van der Waals surface area (Å²) in [5.74, 6) is 1.99. The summed E-state index contributed by atoms with van der Waals surface area (Å²) < 4.78 is 5.84. The topological polar surface area (TPSA) is 58.6 Å². The molecule has 1 heterocycles. The molecule has 0 spiro atoms. The third kappa shape index (κ3) is 2.81. The van der Waals surface area contributed by atoms with E-state index in [1.807, 2.05) is 18.2 Å². The third-order valence-corrected chi connectivity index (χ3v) is 8.87. The fraction of sp³-hybridized carbons (Fsp3) is 0.609. The number of para-hydroxylation sites is 1. The smallest absolute Gasteiger partial charge is 0.341 e. The van der Waals surface area contributed by atoms with E-state index in [-0.39, 0.29) is 5.41 Å². The zero-order chi connectivity index (χ0) is 19.4. The molecule has 4 fully saturated rings. The summed E-state index contributed by atoms with van der Waals surface area (Å²) in [7, 11) is 1.59. The van der Waals surface area contributed by atoms with Gasteiger partial charge in [-0.25, -0.2) is 4.79 Å². The van der Waals surface area contributed by atoms with Gasteiger partial charge in [-0.15, -0.1) is 11.8 Å². The molecule has 4 saturated carbocycles. The molecule has 1 aliphatic heterocycles. The van der Waals surface area contributed by atoms with E-state index in [0.29, 0.717) is 12.3 Å². The molecule has 1 aromatic rings. The minimum Gasteiger partial charge on any atom is -0.479 e. The van der Waals surface area contributed by atoms with Gasteiger partial charge in [0.25, 0.3) is 0 Å². The Bertz CT molecular complexity index is 770. The second-order valence-corrected chi connectivity index (χ2v) is 10.4. The van der Waals surface area contributed by atoms with Crippen molar-refractivity contribution in [3.8, 4) is 0 Å². The maximum atomic E-state index is 12.5. The zero-order valence-corrected chi connectivity index (χ0v) is 17.3. The molecule has 2 N–H and O–H groups in total. The predicted molar refractivity (Wildman–Crippen MR) is 112 cm³/mol. The summed E-state index contributed by atoms with van der Waals surface area (Å²) in [4.78, 5) is 13.7. The maximum Gasteiger partial charge on any atom is 0.341 e. The highest BCUT2D eigenvalue weighted by Crippen LogP contribution is 2.66. The number of carboxylic acid groups (broad SMARTS) is 1. The molecule has 5 aliphatic rings. The number of carbonyl (C=O) groups is 1. The lowest BCUT2D eigenvalue weighted by Gasteiger charge is -2.59. The average Bonchev–Trinajstić information content (AvgIpc) is 3.07. The molecular formula is C23H29NO3S. The van der Waals surface area contributed by atoms with Crippen molar-refractivity contribution in [2.45, 2.75) is 44.1 Å².